The van der Waals surface area contributed by atoms with E-state index >= 15 is 0 Å². The lowest BCUT2D eigenvalue weighted by molar-refractivity contribution is 0.915. The van der Waals surface area contributed by atoms with Crippen LogP contribution in [0.3, 0.4) is 0 Å². The van der Waals surface area contributed by atoms with Crippen LogP contribution in [0.15, 0.2) is 6.07 Å². The monoisotopic (exact) mass is 233 g/mol. The molecule has 2 aromatic rings. The third kappa shape index (κ3) is 1.37. The number of H-pyrrole nitrogens is 1. The summed E-state index contributed by atoms with van der Waals surface area (Å²) in [5.41, 5.74) is 9.64. The molecular formula is C12H15N3S. The number of anilines is 1. The van der Waals surface area contributed by atoms with Crippen molar-refractivity contribution >= 4 is 17.2 Å². The summed E-state index contributed by atoms with van der Waals surface area (Å²) in [7, 11) is 0. The summed E-state index contributed by atoms with van der Waals surface area (Å²) in [4.78, 5) is 2.84. The van der Waals surface area contributed by atoms with Gasteiger partial charge in [-0.1, -0.05) is 6.92 Å². The standard InChI is InChI=1S/C12H15N3S/c1-2-8-11(14-15-12(8)13)10-6-7-4-3-5-9(7)16-10/h6H,2-5H2,1H3,(H3,13,14,15). The minimum absolute atomic E-state index is 0.644. The summed E-state index contributed by atoms with van der Waals surface area (Å²) >= 11 is 1.89. The predicted octanol–water partition coefficient (Wildman–Crippen LogP) is 2.77. The quantitative estimate of drug-likeness (QED) is 0.838. The highest BCUT2D eigenvalue weighted by molar-refractivity contribution is 7.15. The number of nitrogens with zero attached hydrogens (tertiary/aromatic N) is 1. The molecule has 0 bridgehead atoms. The van der Waals surface area contributed by atoms with E-state index in [9.17, 15) is 0 Å². The van der Waals surface area contributed by atoms with E-state index in [1.54, 1.807) is 4.88 Å². The fourth-order valence-corrected chi connectivity index (χ4v) is 3.67. The van der Waals surface area contributed by atoms with Crippen LogP contribution in [0.25, 0.3) is 10.6 Å². The number of nitrogen functional groups attached to an aromatic ring is 1. The molecule has 84 valence electrons. The van der Waals surface area contributed by atoms with Gasteiger partial charge in [0, 0.05) is 10.4 Å². The average molecular weight is 233 g/mol. The highest BCUT2D eigenvalue weighted by Crippen LogP contribution is 2.37. The van der Waals surface area contributed by atoms with Gasteiger partial charge in [0.25, 0.3) is 0 Å². The zero-order valence-corrected chi connectivity index (χ0v) is 10.2. The van der Waals surface area contributed by atoms with E-state index in [0.29, 0.717) is 5.82 Å². The van der Waals surface area contributed by atoms with Crippen molar-refractivity contribution < 1.29 is 0 Å². The molecule has 16 heavy (non-hydrogen) atoms. The number of fused-ring (bicyclic) bond motifs is 1. The Labute approximate surface area is 98.7 Å². The molecule has 2 aromatic heterocycles. The van der Waals surface area contributed by atoms with Gasteiger partial charge in [-0.05, 0) is 37.3 Å². The molecule has 4 heteroatoms. The first-order valence-electron chi connectivity index (χ1n) is 5.74. The van der Waals surface area contributed by atoms with Gasteiger partial charge in [-0.3, -0.25) is 5.10 Å². The molecule has 0 spiro atoms. The van der Waals surface area contributed by atoms with Crippen molar-refractivity contribution in [3.05, 3.63) is 22.1 Å². The molecule has 0 aliphatic heterocycles. The molecule has 0 fully saturated rings. The van der Waals surface area contributed by atoms with Crippen molar-refractivity contribution in [2.75, 3.05) is 5.73 Å². The molecule has 0 unspecified atom stereocenters. The van der Waals surface area contributed by atoms with Crippen LogP contribution in [0, 0.1) is 0 Å². The lowest BCUT2D eigenvalue weighted by Crippen LogP contribution is -1.90. The van der Waals surface area contributed by atoms with Crippen LogP contribution in [0.5, 0.6) is 0 Å². The minimum atomic E-state index is 0.644. The van der Waals surface area contributed by atoms with E-state index in [2.05, 4.69) is 23.2 Å². The lowest BCUT2D eigenvalue weighted by atomic mass is 10.1. The second kappa shape index (κ2) is 3.63. The Kier molecular flexibility index (Phi) is 2.24. The number of nitrogens with two attached hydrogens (primary N) is 1. The minimum Gasteiger partial charge on any atom is -0.382 e. The van der Waals surface area contributed by atoms with Crippen LogP contribution >= 0.6 is 11.3 Å². The average Bonchev–Trinajstić information content (AvgIpc) is 2.89. The summed E-state index contributed by atoms with van der Waals surface area (Å²) in [5.74, 6) is 0.644. The van der Waals surface area contributed by atoms with Crippen LogP contribution in [-0.4, -0.2) is 10.2 Å². The van der Waals surface area contributed by atoms with Crippen molar-refractivity contribution in [2.45, 2.75) is 32.6 Å². The number of rotatable bonds is 2. The number of aromatic nitrogens is 2. The van der Waals surface area contributed by atoms with Crippen molar-refractivity contribution in [3.63, 3.8) is 0 Å². The Bertz CT molecular complexity index is 503. The maximum atomic E-state index is 5.84. The van der Waals surface area contributed by atoms with Crippen molar-refractivity contribution in [3.8, 4) is 10.6 Å². The fraction of sp³-hybridized carbons (Fsp3) is 0.417. The van der Waals surface area contributed by atoms with Gasteiger partial charge in [0.1, 0.15) is 5.82 Å². The van der Waals surface area contributed by atoms with Gasteiger partial charge in [0.05, 0.1) is 10.6 Å². The molecule has 0 radical (unpaired) electrons. The van der Waals surface area contributed by atoms with E-state index in [0.717, 1.165) is 17.7 Å². The van der Waals surface area contributed by atoms with Gasteiger partial charge >= 0.3 is 0 Å². The van der Waals surface area contributed by atoms with Crippen LogP contribution in [0.4, 0.5) is 5.82 Å². The summed E-state index contributed by atoms with van der Waals surface area (Å²) in [6.45, 7) is 2.12. The molecule has 2 heterocycles. The largest absolute Gasteiger partial charge is 0.382 e. The second-order valence-corrected chi connectivity index (χ2v) is 5.37. The van der Waals surface area contributed by atoms with E-state index < -0.39 is 0 Å². The zero-order valence-electron chi connectivity index (χ0n) is 9.34. The third-order valence-electron chi connectivity index (χ3n) is 3.25. The molecule has 0 atom stereocenters. The predicted molar refractivity (Wildman–Crippen MR) is 67.7 cm³/mol. The highest BCUT2D eigenvalue weighted by atomic mass is 32.1. The lowest BCUT2D eigenvalue weighted by Gasteiger charge is -1.97. The van der Waals surface area contributed by atoms with Gasteiger partial charge in [0.15, 0.2) is 0 Å². The van der Waals surface area contributed by atoms with Gasteiger partial charge in [0.2, 0.25) is 0 Å². The third-order valence-corrected chi connectivity index (χ3v) is 4.50. The molecule has 1 aliphatic rings. The van der Waals surface area contributed by atoms with Gasteiger partial charge < -0.3 is 5.73 Å². The van der Waals surface area contributed by atoms with Crippen LogP contribution in [-0.2, 0) is 19.3 Å². The van der Waals surface area contributed by atoms with Gasteiger partial charge in [-0.25, -0.2) is 0 Å². The number of hydrogen-bond donors (Lipinski definition) is 2. The topological polar surface area (TPSA) is 54.7 Å². The number of hydrogen-bond acceptors (Lipinski definition) is 3. The van der Waals surface area contributed by atoms with Crippen LogP contribution in [0.1, 0.15) is 29.3 Å². The SMILES string of the molecule is CCc1c(N)n[nH]c1-c1cc2c(s1)CCC2. The Hall–Kier alpha value is -1.29. The van der Waals surface area contributed by atoms with Gasteiger partial charge in [-0.2, -0.15) is 5.10 Å². The van der Waals surface area contributed by atoms with Crippen LogP contribution in [0.2, 0.25) is 0 Å². The molecule has 0 aromatic carbocycles. The fourth-order valence-electron chi connectivity index (χ4n) is 2.39. The number of aryl methyl sites for hydroxylation is 2. The Morgan fingerprint density at radius 2 is 2.38 bits per heavy atom. The molecule has 3 N–H and O–H groups in total. The molecule has 3 rings (SSSR count). The van der Waals surface area contributed by atoms with E-state index in [1.165, 1.54) is 29.7 Å². The molecule has 0 saturated heterocycles. The van der Waals surface area contributed by atoms with Crippen molar-refractivity contribution in [1.82, 2.24) is 10.2 Å². The summed E-state index contributed by atoms with van der Waals surface area (Å²) < 4.78 is 0. The first-order valence-corrected chi connectivity index (χ1v) is 6.56. The smallest absolute Gasteiger partial charge is 0.149 e. The maximum Gasteiger partial charge on any atom is 0.149 e. The normalized spacial score (nSPS) is 14.3. The van der Waals surface area contributed by atoms with Crippen molar-refractivity contribution in [1.29, 1.82) is 0 Å². The Balaban J connectivity index is 2.08. The molecule has 3 nitrogen and oxygen atoms in total. The molecule has 0 saturated carbocycles. The van der Waals surface area contributed by atoms with Gasteiger partial charge in [-0.15, -0.1) is 11.3 Å². The Morgan fingerprint density at radius 3 is 3.12 bits per heavy atom. The zero-order chi connectivity index (χ0) is 11.1. The molecular weight excluding hydrogens is 218 g/mol. The van der Waals surface area contributed by atoms with E-state index in [1.807, 2.05) is 11.3 Å². The molecule has 1 aliphatic carbocycles. The first kappa shape index (κ1) is 9.90. The Morgan fingerprint density at radius 1 is 1.50 bits per heavy atom. The van der Waals surface area contributed by atoms with E-state index in [-0.39, 0.29) is 0 Å². The van der Waals surface area contributed by atoms with Crippen LogP contribution < -0.4 is 5.73 Å². The van der Waals surface area contributed by atoms with E-state index in [4.69, 9.17) is 5.73 Å². The second-order valence-electron chi connectivity index (χ2n) is 4.23. The summed E-state index contributed by atoms with van der Waals surface area (Å²) in [6, 6.07) is 2.30. The summed E-state index contributed by atoms with van der Waals surface area (Å²) in [5, 5.41) is 7.17. The summed E-state index contributed by atoms with van der Waals surface area (Å²) in [6.07, 6.45) is 4.72. The van der Waals surface area contributed by atoms with Crippen molar-refractivity contribution in [2.24, 2.45) is 0 Å². The highest BCUT2D eigenvalue weighted by Gasteiger charge is 2.18. The molecule has 0 amide bonds. The number of aromatic amines is 1. The first-order chi connectivity index (χ1) is 7.79. The number of nitrogens with one attached hydrogen (secondary N) is 1. The number of thiophene rings is 1. The maximum absolute atomic E-state index is 5.84.